The molecule has 0 aromatic rings. The summed E-state index contributed by atoms with van der Waals surface area (Å²) in [6.45, 7) is 6.09. The Balaban J connectivity index is 2.57. The van der Waals surface area contributed by atoms with Crippen LogP contribution in [0.3, 0.4) is 0 Å². The third-order valence-electron chi connectivity index (χ3n) is 2.05. The van der Waals surface area contributed by atoms with Crippen molar-refractivity contribution in [2.45, 2.75) is 37.2 Å². The van der Waals surface area contributed by atoms with Crippen LogP contribution in [-0.4, -0.2) is 21.1 Å². The summed E-state index contributed by atoms with van der Waals surface area (Å²) < 4.78 is -0.436. The summed E-state index contributed by atoms with van der Waals surface area (Å²) in [6, 6.07) is 0. The molecule has 0 heterocycles. The molecule has 2 unspecified atom stereocenters. The highest BCUT2D eigenvalue weighted by atomic mass is 32.2. The van der Waals surface area contributed by atoms with Gasteiger partial charge in [0.15, 0.2) is 0 Å². The lowest BCUT2D eigenvalue weighted by molar-refractivity contribution is -0.137. The second-order valence-electron chi connectivity index (χ2n) is 3.47. The van der Waals surface area contributed by atoms with Gasteiger partial charge in [-0.2, -0.15) is 0 Å². The van der Waals surface area contributed by atoms with E-state index in [2.05, 4.69) is 0 Å². The first kappa shape index (κ1) is 8.91. The minimum Gasteiger partial charge on any atom is -0.480 e. The molecule has 1 N–H and O–H groups in total. The van der Waals surface area contributed by atoms with Crippen molar-refractivity contribution < 1.29 is 9.90 Å². The molecule has 0 saturated heterocycles. The molecule has 1 saturated carbocycles. The molecule has 3 heteroatoms. The largest absolute Gasteiger partial charge is 0.480 e. The average Bonchev–Trinajstić information content (AvgIpc) is 2.41. The molecule has 64 valence electrons. The van der Waals surface area contributed by atoms with Gasteiger partial charge in [-0.1, -0.05) is 20.8 Å². The van der Waals surface area contributed by atoms with Gasteiger partial charge in [-0.3, -0.25) is 4.79 Å². The fourth-order valence-electron chi connectivity index (χ4n) is 1.33. The van der Waals surface area contributed by atoms with Crippen molar-refractivity contribution in [3.05, 3.63) is 0 Å². The van der Waals surface area contributed by atoms with Crippen molar-refractivity contribution in [3.63, 3.8) is 0 Å². The van der Waals surface area contributed by atoms with Crippen LogP contribution in [0.25, 0.3) is 0 Å². The Hall–Kier alpha value is -0.180. The van der Waals surface area contributed by atoms with E-state index in [9.17, 15) is 4.79 Å². The topological polar surface area (TPSA) is 37.3 Å². The highest BCUT2D eigenvalue weighted by molar-refractivity contribution is 8.02. The molecule has 1 aliphatic rings. The number of thioether (sulfide) groups is 1. The van der Waals surface area contributed by atoms with Crippen LogP contribution in [0.1, 0.15) is 27.2 Å². The van der Waals surface area contributed by atoms with Gasteiger partial charge in [0, 0.05) is 5.25 Å². The summed E-state index contributed by atoms with van der Waals surface area (Å²) in [6.07, 6.45) is 0.838. The zero-order chi connectivity index (χ0) is 8.65. The molecule has 0 aliphatic heterocycles. The Bertz CT molecular complexity index is 179. The van der Waals surface area contributed by atoms with Gasteiger partial charge in [0.1, 0.15) is 4.75 Å². The summed E-state index contributed by atoms with van der Waals surface area (Å²) in [5, 5.41) is 9.32. The molecular weight excluding hydrogens is 160 g/mol. The molecule has 0 aromatic heterocycles. The Morgan fingerprint density at radius 1 is 1.73 bits per heavy atom. The van der Waals surface area contributed by atoms with E-state index in [1.807, 2.05) is 20.8 Å². The summed E-state index contributed by atoms with van der Waals surface area (Å²) in [5.74, 6) is -0.281. The lowest BCUT2D eigenvalue weighted by atomic mass is 10.3. The first-order valence-electron chi connectivity index (χ1n) is 3.90. The molecular formula is C8H14O2S. The van der Waals surface area contributed by atoms with Gasteiger partial charge in [0.05, 0.1) is 0 Å². The summed E-state index contributed by atoms with van der Waals surface area (Å²) in [5.41, 5.74) is 0. The molecule has 1 fully saturated rings. The number of carboxylic acid groups (broad SMARTS) is 1. The third-order valence-corrected chi connectivity index (χ3v) is 3.69. The van der Waals surface area contributed by atoms with Crippen LogP contribution in [0.15, 0.2) is 0 Å². The molecule has 11 heavy (non-hydrogen) atoms. The standard InChI is InChI=1S/C8H14O2S/c1-5(2)11-8(7(9)10)4-6(8)3/h5-6H,4H2,1-3H3,(H,9,10). The zero-order valence-electron chi connectivity index (χ0n) is 7.13. The van der Waals surface area contributed by atoms with Crippen LogP contribution in [0.5, 0.6) is 0 Å². The van der Waals surface area contributed by atoms with Crippen LogP contribution in [0, 0.1) is 5.92 Å². The molecule has 2 nitrogen and oxygen atoms in total. The number of aliphatic carboxylic acids is 1. The van der Waals surface area contributed by atoms with Crippen molar-refractivity contribution >= 4 is 17.7 Å². The Morgan fingerprint density at radius 3 is 2.27 bits per heavy atom. The lowest BCUT2D eigenvalue weighted by Gasteiger charge is -2.12. The smallest absolute Gasteiger partial charge is 0.320 e. The zero-order valence-corrected chi connectivity index (χ0v) is 7.94. The van der Waals surface area contributed by atoms with Gasteiger partial charge in [-0.05, 0) is 12.3 Å². The lowest BCUT2D eigenvalue weighted by Crippen LogP contribution is -2.22. The van der Waals surface area contributed by atoms with E-state index in [-0.39, 0.29) is 0 Å². The second kappa shape index (κ2) is 2.70. The molecule has 1 rings (SSSR count). The normalized spacial score (nSPS) is 35.8. The van der Waals surface area contributed by atoms with Gasteiger partial charge in [0.2, 0.25) is 0 Å². The monoisotopic (exact) mass is 174 g/mol. The van der Waals surface area contributed by atoms with Crippen LogP contribution in [0.4, 0.5) is 0 Å². The fourth-order valence-corrected chi connectivity index (χ4v) is 2.85. The maximum absolute atomic E-state index is 10.8. The molecule has 0 amide bonds. The van der Waals surface area contributed by atoms with Crippen molar-refractivity contribution in [3.8, 4) is 0 Å². The predicted octanol–water partition coefficient (Wildman–Crippen LogP) is 1.99. The van der Waals surface area contributed by atoms with E-state index in [4.69, 9.17) is 5.11 Å². The van der Waals surface area contributed by atoms with Gasteiger partial charge in [0.25, 0.3) is 0 Å². The van der Waals surface area contributed by atoms with Crippen LogP contribution in [0.2, 0.25) is 0 Å². The fraction of sp³-hybridized carbons (Fsp3) is 0.875. The van der Waals surface area contributed by atoms with Crippen molar-refractivity contribution in [1.29, 1.82) is 0 Å². The molecule has 0 bridgehead atoms. The Morgan fingerprint density at radius 2 is 2.18 bits per heavy atom. The summed E-state index contributed by atoms with van der Waals surface area (Å²) in [7, 11) is 0. The van der Waals surface area contributed by atoms with Crippen molar-refractivity contribution in [2.24, 2.45) is 5.92 Å². The molecule has 2 atom stereocenters. The third kappa shape index (κ3) is 1.53. The number of carboxylic acids is 1. The first-order chi connectivity index (χ1) is 4.99. The van der Waals surface area contributed by atoms with Gasteiger partial charge < -0.3 is 5.11 Å². The van der Waals surface area contributed by atoms with Crippen molar-refractivity contribution in [1.82, 2.24) is 0 Å². The quantitative estimate of drug-likeness (QED) is 0.711. The maximum Gasteiger partial charge on any atom is 0.320 e. The number of hydrogen-bond acceptors (Lipinski definition) is 2. The van der Waals surface area contributed by atoms with E-state index in [1.54, 1.807) is 11.8 Å². The summed E-state index contributed by atoms with van der Waals surface area (Å²) in [4.78, 5) is 10.8. The highest BCUT2D eigenvalue weighted by Crippen LogP contribution is 2.55. The van der Waals surface area contributed by atoms with E-state index >= 15 is 0 Å². The maximum atomic E-state index is 10.8. The Labute approximate surface area is 71.4 Å². The van der Waals surface area contributed by atoms with Gasteiger partial charge >= 0.3 is 5.97 Å². The number of rotatable bonds is 3. The second-order valence-corrected chi connectivity index (χ2v) is 5.37. The molecule has 0 spiro atoms. The molecule has 0 radical (unpaired) electrons. The van der Waals surface area contributed by atoms with E-state index in [1.165, 1.54) is 0 Å². The summed E-state index contributed by atoms with van der Waals surface area (Å²) >= 11 is 1.58. The van der Waals surface area contributed by atoms with E-state index < -0.39 is 10.7 Å². The highest BCUT2D eigenvalue weighted by Gasteiger charge is 2.58. The van der Waals surface area contributed by atoms with Crippen molar-refractivity contribution in [2.75, 3.05) is 0 Å². The predicted molar refractivity (Wildman–Crippen MR) is 46.9 cm³/mol. The van der Waals surface area contributed by atoms with E-state index in [0.717, 1.165) is 6.42 Å². The number of carbonyl (C=O) groups is 1. The molecule has 0 aromatic carbocycles. The average molecular weight is 174 g/mol. The SMILES string of the molecule is CC(C)SC1(C(=O)O)CC1C. The van der Waals surface area contributed by atoms with E-state index in [0.29, 0.717) is 11.2 Å². The van der Waals surface area contributed by atoms with Crippen LogP contribution < -0.4 is 0 Å². The minimum atomic E-state index is -0.635. The first-order valence-corrected chi connectivity index (χ1v) is 4.78. The Kier molecular flexibility index (Phi) is 2.19. The van der Waals surface area contributed by atoms with Gasteiger partial charge in [-0.25, -0.2) is 0 Å². The van der Waals surface area contributed by atoms with Crippen LogP contribution in [-0.2, 0) is 4.79 Å². The molecule has 1 aliphatic carbocycles. The van der Waals surface area contributed by atoms with Gasteiger partial charge in [-0.15, -0.1) is 11.8 Å². The number of hydrogen-bond donors (Lipinski definition) is 1. The van der Waals surface area contributed by atoms with Crippen LogP contribution >= 0.6 is 11.8 Å². The minimum absolute atomic E-state index is 0.354.